The topological polar surface area (TPSA) is 0 Å². The van der Waals surface area contributed by atoms with Crippen molar-refractivity contribution in [3.63, 3.8) is 0 Å². The maximum absolute atomic E-state index is 2.48. The number of rotatable bonds is 2. The van der Waals surface area contributed by atoms with Gasteiger partial charge in [0.15, 0.2) is 4.32 Å². The van der Waals surface area contributed by atoms with Gasteiger partial charge in [-0.25, -0.2) is 0 Å². The van der Waals surface area contributed by atoms with Crippen molar-refractivity contribution in [2.75, 3.05) is 19.6 Å². The molecule has 1 heterocycles. The van der Waals surface area contributed by atoms with Crippen LogP contribution in [0.15, 0.2) is 0 Å². The van der Waals surface area contributed by atoms with Crippen LogP contribution < -0.4 is 0 Å². The van der Waals surface area contributed by atoms with Gasteiger partial charge in [0.25, 0.3) is 0 Å². The summed E-state index contributed by atoms with van der Waals surface area (Å²) < 4.78 is 0.876. The lowest BCUT2D eigenvalue weighted by Gasteiger charge is -2.33. The zero-order valence-electron chi connectivity index (χ0n) is 9.11. The molecule has 3 atom stereocenters. The minimum absolute atomic E-state index is 0.731. The first-order valence-electron chi connectivity index (χ1n) is 4.66. The van der Waals surface area contributed by atoms with Gasteiger partial charge < -0.3 is 0 Å². The summed E-state index contributed by atoms with van der Waals surface area (Å²) in [7, 11) is 0. The predicted octanol–water partition coefficient (Wildman–Crippen LogP) is 4.47. The van der Waals surface area contributed by atoms with Gasteiger partial charge >= 0.3 is 0 Å². The molecule has 0 aromatic carbocycles. The molecule has 0 aliphatic carbocycles. The Morgan fingerprint density at radius 3 is 2.00 bits per heavy atom. The Morgan fingerprint density at radius 1 is 1.15 bits per heavy atom. The molecule has 0 N–H and O–H groups in total. The van der Waals surface area contributed by atoms with Crippen LogP contribution in [0.5, 0.6) is 0 Å². The quantitative estimate of drug-likeness (QED) is 0.668. The number of hydrogen-bond acceptors (Lipinski definition) is 3. The van der Waals surface area contributed by atoms with Crippen molar-refractivity contribution in [3.8, 4) is 0 Å². The molecule has 1 aliphatic rings. The summed E-state index contributed by atoms with van der Waals surface area (Å²) in [5.41, 5.74) is 0. The highest BCUT2D eigenvalue weighted by Gasteiger charge is 2.42. The Hall–Kier alpha value is 1.48. The van der Waals surface area contributed by atoms with Gasteiger partial charge in [0.1, 0.15) is 0 Å². The standard InChI is InChI=1S/C9H20PS3/c1-7-6-8(2)13-9(12-7)10(3,4)11-5/h7-9H,6H2,1-5H3/q+1/t7-,8+,9?. The molecular weight excluding hydrogens is 235 g/mol. The van der Waals surface area contributed by atoms with Gasteiger partial charge in [-0.3, -0.25) is 0 Å². The lowest BCUT2D eigenvalue weighted by molar-refractivity contribution is 0.797. The van der Waals surface area contributed by atoms with Crippen molar-refractivity contribution in [2.24, 2.45) is 0 Å². The van der Waals surface area contributed by atoms with Crippen LogP contribution in [0, 0.1) is 0 Å². The van der Waals surface area contributed by atoms with Crippen LogP contribution in [-0.4, -0.2) is 34.4 Å². The molecule has 1 saturated heterocycles. The first-order chi connectivity index (χ1) is 5.95. The van der Waals surface area contributed by atoms with E-state index in [0.29, 0.717) is 0 Å². The molecule has 0 spiro atoms. The number of hydrogen-bond donors (Lipinski definition) is 0. The molecular formula is C9H20PS3+. The van der Waals surface area contributed by atoms with E-state index in [4.69, 9.17) is 0 Å². The maximum Gasteiger partial charge on any atom is 0.170 e. The van der Waals surface area contributed by atoms with Gasteiger partial charge in [-0.1, -0.05) is 13.8 Å². The fourth-order valence-electron chi connectivity index (χ4n) is 1.39. The Kier molecular flexibility index (Phi) is 4.83. The van der Waals surface area contributed by atoms with E-state index in [-0.39, 0.29) is 0 Å². The van der Waals surface area contributed by atoms with E-state index < -0.39 is 6.46 Å². The third-order valence-corrected chi connectivity index (χ3v) is 14.9. The van der Waals surface area contributed by atoms with Crippen LogP contribution in [-0.2, 0) is 0 Å². The van der Waals surface area contributed by atoms with Crippen molar-refractivity contribution < 1.29 is 0 Å². The van der Waals surface area contributed by atoms with E-state index in [0.717, 1.165) is 14.8 Å². The molecule has 0 aromatic heterocycles. The van der Waals surface area contributed by atoms with Gasteiger partial charge in [-0.15, -0.1) is 23.5 Å². The zero-order valence-corrected chi connectivity index (χ0v) is 12.5. The fraction of sp³-hybridized carbons (Fsp3) is 1.00. The first kappa shape index (κ1) is 12.5. The molecule has 1 aliphatic heterocycles. The summed E-state index contributed by atoms with van der Waals surface area (Å²) in [6, 6.07) is 0. The molecule has 4 heteroatoms. The molecule has 0 nitrogen and oxygen atoms in total. The average Bonchev–Trinajstić information content (AvgIpc) is 2.02. The first-order valence-corrected chi connectivity index (χ1v) is 11.1. The molecule has 0 aromatic rings. The summed E-state index contributed by atoms with van der Waals surface area (Å²) in [5, 5.41) is 1.74. The minimum atomic E-state index is -0.731. The summed E-state index contributed by atoms with van der Waals surface area (Å²) in [5.74, 6) is 0. The second-order valence-electron chi connectivity index (χ2n) is 4.05. The Balaban J connectivity index is 2.59. The van der Waals surface area contributed by atoms with Crippen LogP contribution in [0.3, 0.4) is 0 Å². The average molecular weight is 255 g/mol. The fourth-order valence-corrected chi connectivity index (χ4v) is 11.2. The van der Waals surface area contributed by atoms with Crippen LogP contribution in [0.2, 0.25) is 0 Å². The predicted molar refractivity (Wildman–Crippen MR) is 74.8 cm³/mol. The van der Waals surface area contributed by atoms with E-state index >= 15 is 0 Å². The zero-order chi connectivity index (χ0) is 10.1. The summed E-state index contributed by atoms with van der Waals surface area (Å²) in [6.07, 6.45) is 3.67. The van der Waals surface area contributed by atoms with E-state index in [1.807, 2.05) is 0 Å². The van der Waals surface area contributed by atoms with Crippen molar-refractivity contribution in [1.82, 2.24) is 0 Å². The molecule has 0 amide bonds. The molecule has 78 valence electrons. The molecule has 0 radical (unpaired) electrons. The van der Waals surface area contributed by atoms with Crippen molar-refractivity contribution >= 4 is 41.4 Å². The lowest BCUT2D eigenvalue weighted by Crippen LogP contribution is -2.20. The smallest absolute Gasteiger partial charge is 0.103 e. The van der Waals surface area contributed by atoms with E-state index in [9.17, 15) is 0 Å². The Labute approximate surface area is 95.9 Å². The van der Waals surface area contributed by atoms with Gasteiger partial charge in [0, 0.05) is 28.1 Å². The molecule has 1 fully saturated rings. The Bertz CT molecular complexity index is 162. The Morgan fingerprint density at radius 2 is 1.62 bits per heavy atom. The normalized spacial score (nSPS) is 36.2. The van der Waals surface area contributed by atoms with E-state index in [1.54, 1.807) is 0 Å². The maximum atomic E-state index is 2.48. The molecule has 0 bridgehead atoms. The second kappa shape index (κ2) is 5.01. The van der Waals surface area contributed by atoms with Crippen LogP contribution in [0.1, 0.15) is 20.3 Å². The molecule has 1 unspecified atom stereocenters. The van der Waals surface area contributed by atoms with E-state index in [2.05, 4.69) is 68.3 Å². The largest absolute Gasteiger partial charge is 0.170 e. The highest BCUT2D eigenvalue weighted by molar-refractivity contribution is 8.66. The SMILES string of the molecule is CS[P+](C)(C)C1S[C@H](C)C[C@H](C)S1. The van der Waals surface area contributed by atoms with Crippen molar-refractivity contribution in [1.29, 1.82) is 0 Å². The summed E-state index contributed by atoms with van der Waals surface area (Å²) in [6.45, 7) is 8.99. The minimum Gasteiger partial charge on any atom is -0.103 e. The van der Waals surface area contributed by atoms with Crippen LogP contribution >= 0.6 is 41.4 Å². The van der Waals surface area contributed by atoms with E-state index in [1.165, 1.54) is 6.42 Å². The third kappa shape index (κ3) is 3.52. The van der Waals surface area contributed by atoms with Gasteiger partial charge in [0.2, 0.25) is 0 Å². The third-order valence-electron chi connectivity index (χ3n) is 2.34. The van der Waals surface area contributed by atoms with Crippen LogP contribution in [0.25, 0.3) is 0 Å². The lowest BCUT2D eigenvalue weighted by atomic mass is 10.3. The van der Waals surface area contributed by atoms with Crippen LogP contribution in [0.4, 0.5) is 0 Å². The monoisotopic (exact) mass is 255 g/mol. The summed E-state index contributed by atoms with van der Waals surface area (Å²) >= 11 is 6.53. The summed E-state index contributed by atoms with van der Waals surface area (Å²) in [4.78, 5) is 0. The number of thioether (sulfide) groups is 2. The molecule has 1 rings (SSSR count). The van der Waals surface area contributed by atoms with Gasteiger partial charge in [-0.2, -0.15) is 0 Å². The highest BCUT2D eigenvalue weighted by atomic mass is 32.7. The van der Waals surface area contributed by atoms with Crippen molar-refractivity contribution in [2.45, 2.75) is 35.1 Å². The molecule has 13 heavy (non-hydrogen) atoms. The van der Waals surface area contributed by atoms with Crippen molar-refractivity contribution in [3.05, 3.63) is 0 Å². The van der Waals surface area contributed by atoms with Gasteiger partial charge in [-0.05, 0) is 6.42 Å². The van der Waals surface area contributed by atoms with Gasteiger partial charge in [0.05, 0.1) is 19.8 Å². The molecule has 0 saturated carbocycles. The highest BCUT2D eigenvalue weighted by Crippen LogP contribution is 2.74. The second-order valence-corrected chi connectivity index (χ2v) is 15.8.